The molecular weight excluding hydrogens is 264 g/mol. The highest BCUT2D eigenvalue weighted by molar-refractivity contribution is 6.33. The zero-order valence-electron chi connectivity index (χ0n) is 11.1. The molecule has 1 saturated heterocycles. The molecule has 1 amide bonds. The van der Waals surface area contributed by atoms with Gasteiger partial charge in [-0.15, -0.1) is 0 Å². The molecule has 1 aliphatic heterocycles. The minimum atomic E-state index is -0.113. The topological polar surface area (TPSA) is 62.5 Å². The quantitative estimate of drug-likeness (QED) is 0.909. The van der Waals surface area contributed by atoms with Crippen LogP contribution in [0.2, 0.25) is 5.02 Å². The molecule has 0 radical (unpaired) electrons. The second kappa shape index (κ2) is 6.21. The number of amides is 1. The molecule has 5 nitrogen and oxygen atoms in total. The molecule has 2 heterocycles. The van der Waals surface area contributed by atoms with Gasteiger partial charge >= 0.3 is 0 Å². The number of hydrogen-bond donors (Lipinski definition) is 1. The molecule has 0 spiro atoms. The van der Waals surface area contributed by atoms with Crippen LogP contribution in [-0.2, 0) is 0 Å². The number of nitrogens with zero attached hydrogens (tertiary/aromatic N) is 3. The Kier molecular flexibility index (Phi) is 4.61. The Hall–Kier alpha value is -1.33. The summed E-state index contributed by atoms with van der Waals surface area (Å²) in [5, 5.41) is 0.340. The molecule has 0 aliphatic carbocycles. The molecule has 2 N–H and O–H groups in total. The standard InChI is InChI=1S/C13H19ClN4O/c1-17(6-7-18-4-2-3-5-18)13(19)10-8-12(15)16-9-11(10)14/h8-9H,2-7H2,1H3,(H2,15,16). The van der Waals surface area contributed by atoms with E-state index < -0.39 is 0 Å². The summed E-state index contributed by atoms with van der Waals surface area (Å²) < 4.78 is 0. The van der Waals surface area contributed by atoms with Crippen molar-refractivity contribution in [1.29, 1.82) is 0 Å². The van der Waals surface area contributed by atoms with Gasteiger partial charge in [0.15, 0.2) is 0 Å². The largest absolute Gasteiger partial charge is 0.384 e. The van der Waals surface area contributed by atoms with Crippen molar-refractivity contribution in [3.05, 3.63) is 22.8 Å². The summed E-state index contributed by atoms with van der Waals surface area (Å²) in [6.07, 6.45) is 3.92. The van der Waals surface area contributed by atoms with Gasteiger partial charge in [0.05, 0.1) is 10.6 Å². The maximum Gasteiger partial charge on any atom is 0.255 e. The van der Waals surface area contributed by atoms with Gasteiger partial charge in [0.25, 0.3) is 5.91 Å². The number of aromatic nitrogens is 1. The van der Waals surface area contributed by atoms with E-state index in [0.29, 0.717) is 22.9 Å². The number of nitrogens with two attached hydrogens (primary N) is 1. The number of anilines is 1. The molecule has 1 aliphatic rings. The molecule has 1 aromatic rings. The fourth-order valence-corrected chi connectivity index (χ4v) is 2.41. The lowest BCUT2D eigenvalue weighted by Crippen LogP contribution is -2.35. The van der Waals surface area contributed by atoms with Gasteiger partial charge in [-0.25, -0.2) is 4.98 Å². The number of pyridine rings is 1. The SMILES string of the molecule is CN(CCN1CCCC1)C(=O)c1cc(N)ncc1Cl. The van der Waals surface area contributed by atoms with Crippen LogP contribution < -0.4 is 5.73 Å². The molecule has 1 aromatic heterocycles. The van der Waals surface area contributed by atoms with E-state index in [2.05, 4.69) is 9.88 Å². The van der Waals surface area contributed by atoms with Crippen LogP contribution in [0.25, 0.3) is 0 Å². The lowest BCUT2D eigenvalue weighted by atomic mass is 10.2. The van der Waals surface area contributed by atoms with Gasteiger partial charge in [-0.05, 0) is 32.0 Å². The molecule has 6 heteroatoms. The lowest BCUT2D eigenvalue weighted by Gasteiger charge is -2.22. The first-order chi connectivity index (χ1) is 9.08. The summed E-state index contributed by atoms with van der Waals surface area (Å²) in [6, 6.07) is 1.52. The second-order valence-electron chi connectivity index (χ2n) is 4.86. The van der Waals surface area contributed by atoms with Crippen molar-refractivity contribution in [3.8, 4) is 0 Å². The highest BCUT2D eigenvalue weighted by Crippen LogP contribution is 2.18. The predicted octanol–water partition coefficient (Wildman–Crippen LogP) is 1.48. The van der Waals surface area contributed by atoms with Crippen LogP contribution in [0.3, 0.4) is 0 Å². The summed E-state index contributed by atoms with van der Waals surface area (Å²) in [6.45, 7) is 3.85. The van der Waals surface area contributed by atoms with Gasteiger partial charge in [0, 0.05) is 26.3 Å². The van der Waals surface area contributed by atoms with Crippen molar-refractivity contribution in [2.45, 2.75) is 12.8 Å². The Bertz CT molecular complexity index is 460. The smallest absolute Gasteiger partial charge is 0.255 e. The number of likely N-dealkylation sites (N-methyl/N-ethyl adjacent to an activating group) is 1. The number of carbonyl (C=O) groups is 1. The number of halogens is 1. The molecule has 0 aromatic carbocycles. The molecule has 0 saturated carbocycles. The van der Waals surface area contributed by atoms with E-state index in [4.69, 9.17) is 17.3 Å². The summed E-state index contributed by atoms with van der Waals surface area (Å²) in [5.41, 5.74) is 6.01. The maximum atomic E-state index is 12.3. The first-order valence-electron chi connectivity index (χ1n) is 6.47. The van der Waals surface area contributed by atoms with E-state index in [-0.39, 0.29) is 5.91 Å². The minimum Gasteiger partial charge on any atom is -0.384 e. The molecular formula is C13H19ClN4O. The Balaban J connectivity index is 1.95. The number of nitrogen functional groups attached to an aromatic ring is 1. The van der Waals surface area contributed by atoms with Gasteiger partial charge in [-0.3, -0.25) is 4.79 Å². The van der Waals surface area contributed by atoms with Crippen molar-refractivity contribution in [3.63, 3.8) is 0 Å². The van der Waals surface area contributed by atoms with E-state index in [9.17, 15) is 4.79 Å². The number of likely N-dealkylation sites (tertiary alicyclic amines) is 1. The molecule has 104 valence electrons. The molecule has 0 atom stereocenters. The Morgan fingerprint density at radius 3 is 2.89 bits per heavy atom. The fraction of sp³-hybridized carbons (Fsp3) is 0.538. The number of carbonyl (C=O) groups excluding carboxylic acids is 1. The predicted molar refractivity (Wildman–Crippen MR) is 76.3 cm³/mol. The average molecular weight is 283 g/mol. The van der Waals surface area contributed by atoms with Gasteiger partial charge in [-0.2, -0.15) is 0 Å². The highest BCUT2D eigenvalue weighted by atomic mass is 35.5. The van der Waals surface area contributed by atoms with Crippen molar-refractivity contribution < 1.29 is 4.79 Å². The summed E-state index contributed by atoms with van der Waals surface area (Å²) >= 11 is 5.99. The zero-order chi connectivity index (χ0) is 13.8. The van der Waals surface area contributed by atoms with Gasteiger partial charge in [0.2, 0.25) is 0 Å². The third-order valence-corrected chi connectivity index (χ3v) is 3.71. The number of hydrogen-bond acceptors (Lipinski definition) is 4. The van der Waals surface area contributed by atoms with Crippen molar-refractivity contribution in [2.75, 3.05) is 39.0 Å². The second-order valence-corrected chi connectivity index (χ2v) is 5.27. The Morgan fingerprint density at radius 2 is 2.21 bits per heavy atom. The molecule has 2 rings (SSSR count). The van der Waals surface area contributed by atoms with Gasteiger partial charge < -0.3 is 15.5 Å². The van der Waals surface area contributed by atoms with E-state index >= 15 is 0 Å². The van der Waals surface area contributed by atoms with E-state index in [0.717, 1.165) is 19.6 Å². The average Bonchev–Trinajstić information content (AvgIpc) is 2.91. The zero-order valence-corrected chi connectivity index (χ0v) is 11.9. The van der Waals surface area contributed by atoms with E-state index in [1.54, 1.807) is 11.9 Å². The molecule has 1 fully saturated rings. The van der Waals surface area contributed by atoms with Crippen LogP contribution in [0.15, 0.2) is 12.3 Å². The van der Waals surface area contributed by atoms with Crippen LogP contribution in [0.4, 0.5) is 5.82 Å². The van der Waals surface area contributed by atoms with E-state index in [1.165, 1.54) is 25.1 Å². The highest BCUT2D eigenvalue weighted by Gasteiger charge is 2.18. The van der Waals surface area contributed by atoms with E-state index in [1.807, 2.05) is 0 Å². The van der Waals surface area contributed by atoms with Crippen LogP contribution in [-0.4, -0.2) is 53.9 Å². The molecule has 0 unspecified atom stereocenters. The number of rotatable bonds is 4. The van der Waals surface area contributed by atoms with Crippen LogP contribution >= 0.6 is 11.6 Å². The van der Waals surface area contributed by atoms with Gasteiger partial charge in [0.1, 0.15) is 5.82 Å². The summed E-state index contributed by atoms with van der Waals surface area (Å²) in [7, 11) is 1.78. The van der Waals surface area contributed by atoms with Crippen molar-refractivity contribution >= 4 is 23.3 Å². The Morgan fingerprint density at radius 1 is 1.53 bits per heavy atom. The third kappa shape index (κ3) is 3.58. The first kappa shape index (κ1) is 14.1. The normalized spacial score (nSPS) is 15.7. The minimum absolute atomic E-state index is 0.113. The molecule has 19 heavy (non-hydrogen) atoms. The molecule has 0 bridgehead atoms. The van der Waals surface area contributed by atoms with Crippen LogP contribution in [0.1, 0.15) is 23.2 Å². The fourth-order valence-electron chi connectivity index (χ4n) is 2.22. The van der Waals surface area contributed by atoms with Crippen LogP contribution in [0.5, 0.6) is 0 Å². The first-order valence-corrected chi connectivity index (χ1v) is 6.84. The third-order valence-electron chi connectivity index (χ3n) is 3.40. The van der Waals surface area contributed by atoms with Crippen molar-refractivity contribution in [2.24, 2.45) is 0 Å². The van der Waals surface area contributed by atoms with Crippen LogP contribution in [0, 0.1) is 0 Å². The maximum absolute atomic E-state index is 12.3. The lowest BCUT2D eigenvalue weighted by molar-refractivity contribution is 0.0782. The van der Waals surface area contributed by atoms with Crippen molar-refractivity contribution in [1.82, 2.24) is 14.8 Å². The Labute approximate surface area is 118 Å². The summed E-state index contributed by atoms with van der Waals surface area (Å²) in [4.78, 5) is 20.2. The monoisotopic (exact) mass is 282 g/mol. The summed E-state index contributed by atoms with van der Waals surface area (Å²) in [5.74, 6) is 0.194. The van der Waals surface area contributed by atoms with Gasteiger partial charge in [-0.1, -0.05) is 11.6 Å².